The molecule has 0 amide bonds. The summed E-state index contributed by atoms with van der Waals surface area (Å²) in [6.45, 7) is 4.40. The Morgan fingerprint density at radius 2 is 1.57 bits per heavy atom. The van der Waals surface area contributed by atoms with Gasteiger partial charge in [0.25, 0.3) is 0 Å². The van der Waals surface area contributed by atoms with Crippen LogP contribution in [-0.2, 0) is 6.42 Å². The Morgan fingerprint density at radius 3 is 2.29 bits per heavy atom. The predicted molar refractivity (Wildman–Crippen MR) is 89.5 cm³/mol. The third kappa shape index (κ3) is 7.37. The molecule has 0 aliphatic carbocycles. The molecule has 0 bridgehead atoms. The van der Waals surface area contributed by atoms with Crippen LogP contribution in [0.15, 0.2) is 18.2 Å². The standard InChI is InChI=1S/C18H31NO2/c1-4-5-6-7-8-9-13-19-14-12-16-10-11-17(20-2)18(15-16)21-3/h10-11,15,19H,4-9,12-14H2,1-3H3. The first-order chi connectivity index (χ1) is 10.3. The molecule has 0 aromatic heterocycles. The molecule has 0 aliphatic heterocycles. The summed E-state index contributed by atoms with van der Waals surface area (Å²) in [5.41, 5.74) is 1.28. The van der Waals surface area contributed by atoms with Crippen LogP contribution >= 0.6 is 0 Å². The molecule has 1 N–H and O–H groups in total. The molecule has 0 saturated carbocycles. The Hall–Kier alpha value is -1.22. The lowest BCUT2D eigenvalue weighted by atomic mass is 10.1. The number of nitrogens with one attached hydrogen (secondary N) is 1. The highest BCUT2D eigenvalue weighted by Crippen LogP contribution is 2.27. The molecule has 1 aromatic rings. The molecule has 0 heterocycles. The fraction of sp³-hybridized carbons (Fsp3) is 0.667. The maximum absolute atomic E-state index is 5.32. The first-order valence-corrected chi connectivity index (χ1v) is 8.23. The highest BCUT2D eigenvalue weighted by Gasteiger charge is 2.04. The summed E-state index contributed by atoms with van der Waals surface area (Å²) in [6.07, 6.45) is 9.14. The van der Waals surface area contributed by atoms with Gasteiger partial charge in [-0.1, -0.05) is 45.1 Å². The van der Waals surface area contributed by atoms with Crippen molar-refractivity contribution in [3.05, 3.63) is 23.8 Å². The van der Waals surface area contributed by atoms with Gasteiger partial charge in [-0.3, -0.25) is 0 Å². The average Bonchev–Trinajstić information content (AvgIpc) is 2.53. The van der Waals surface area contributed by atoms with Gasteiger partial charge in [0.1, 0.15) is 0 Å². The van der Waals surface area contributed by atoms with Gasteiger partial charge < -0.3 is 14.8 Å². The predicted octanol–water partition coefficient (Wildman–Crippen LogP) is 4.20. The van der Waals surface area contributed by atoms with E-state index < -0.39 is 0 Å². The van der Waals surface area contributed by atoms with Crippen molar-refractivity contribution >= 4 is 0 Å². The van der Waals surface area contributed by atoms with Crippen LogP contribution in [0.5, 0.6) is 11.5 Å². The highest BCUT2D eigenvalue weighted by atomic mass is 16.5. The number of benzene rings is 1. The van der Waals surface area contributed by atoms with E-state index in [4.69, 9.17) is 9.47 Å². The van der Waals surface area contributed by atoms with E-state index in [1.165, 1.54) is 44.1 Å². The first kappa shape index (κ1) is 17.8. The van der Waals surface area contributed by atoms with Gasteiger partial charge in [0.15, 0.2) is 11.5 Å². The first-order valence-electron chi connectivity index (χ1n) is 8.23. The smallest absolute Gasteiger partial charge is 0.160 e. The third-order valence-electron chi connectivity index (χ3n) is 3.75. The highest BCUT2D eigenvalue weighted by molar-refractivity contribution is 5.42. The largest absolute Gasteiger partial charge is 0.493 e. The lowest BCUT2D eigenvalue weighted by Crippen LogP contribution is -2.18. The summed E-state index contributed by atoms with van der Waals surface area (Å²) >= 11 is 0. The van der Waals surface area contributed by atoms with Crippen molar-refractivity contribution < 1.29 is 9.47 Å². The van der Waals surface area contributed by atoms with Crippen LogP contribution in [0.2, 0.25) is 0 Å². The zero-order valence-corrected chi connectivity index (χ0v) is 13.9. The maximum Gasteiger partial charge on any atom is 0.160 e. The zero-order chi connectivity index (χ0) is 15.3. The van der Waals surface area contributed by atoms with Crippen LogP contribution in [0.4, 0.5) is 0 Å². The van der Waals surface area contributed by atoms with Gasteiger partial charge in [-0.15, -0.1) is 0 Å². The molecule has 21 heavy (non-hydrogen) atoms. The summed E-state index contributed by atoms with van der Waals surface area (Å²) in [4.78, 5) is 0. The maximum atomic E-state index is 5.32. The molecule has 1 rings (SSSR count). The number of rotatable bonds is 12. The van der Waals surface area contributed by atoms with Gasteiger partial charge in [0.05, 0.1) is 14.2 Å². The Balaban J connectivity index is 2.12. The van der Waals surface area contributed by atoms with Crippen molar-refractivity contribution in [1.29, 1.82) is 0 Å². The van der Waals surface area contributed by atoms with Crippen LogP contribution in [0.3, 0.4) is 0 Å². The number of ether oxygens (including phenoxy) is 2. The van der Waals surface area contributed by atoms with Crippen LogP contribution in [-0.4, -0.2) is 27.3 Å². The van der Waals surface area contributed by atoms with Gasteiger partial charge in [-0.25, -0.2) is 0 Å². The molecule has 120 valence electrons. The fourth-order valence-electron chi connectivity index (χ4n) is 2.42. The van der Waals surface area contributed by atoms with E-state index in [1.54, 1.807) is 14.2 Å². The molecule has 0 fully saturated rings. The quantitative estimate of drug-likeness (QED) is 0.586. The van der Waals surface area contributed by atoms with E-state index in [1.807, 2.05) is 6.07 Å². The second-order valence-corrected chi connectivity index (χ2v) is 5.46. The molecule has 1 aromatic carbocycles. The molecule has 0 spiro atoms. The number of unbranched alkanes of at least 4 members (excludes halogenated alkanes) is 5. The SMILES string of the molecule is CCCCCCCCNCCc1ccc(OC)c(OC)c1. The molecule has 0 unspecified atom stereocenters. The summed E-state index contributed by atoms with van der Waals surface area (Å²) in [6, 6.07) is 6.14. The number of hydrogen-bond acceptors (Lipinski definition) is 3. The molecular formula is C18H31NO2. The van der Waals surface area contributed by atoms with Crippen LogP contribution in [0.25, 0.3) is 0 Å². The Kier molecular flexibility index (Phi) is 9.71. The molecule has 0 aliphatic rings. The van der Waals surface area contributed by atoms with E-state index in [0.717, 1.165) is 31.0 Å². The van der Waals surface area contributed by atoms with Gasteiger partial charge >= 0.3 is 0 Å². The van der Waals surface area contributed by atoms with Crippen LogP contribution < -0.4 is 14.8 Å². The topological polar surface area (TPSA) is 30.5 Å². The van der Waals surface area contributed by atoms with Crippen LogP contribution in [0, 0.1) is 0 Å². The van der Waals surface area contributed by atoms with E-state index in [-0.39, 0.29) is 0 Å². The van der Waals surface area contributed by atoms with E-state index in [9.17, 15) is 0 Å². The van der Waals surface area contributed by atoms with E-state index in [0.29, 0.717) is 0 Å². The van der Waals surface area contributed by atoms with E-state index in [2.05, 4.69) is 24.4 Å². The Labute approximate surface area is 130 Å². The molecule has 3 nitrogen and oxygen atoms in total. The minimum atomic E-state index is 0.793. The number of methoxy groups -OCH3 is 2. The molecule has 3 heteroatoms. The second-order valence-electron chi connectivity index (χ2n) is 5.46. The van der Waals surface area contributed by atoms with Crippen molar-refractivity contribution in [2.75, 3.05) is 27.3 Å². The fourth-order valence-corrected chi connectivity index (χ4v) is 2.42. The summed E-state index contributed by atoms with van der Waals surface area (Å²) in [5, 5.41) is 3.52. The number of hydrogen-bond donors (Lipinski definition) is 1. The van der Waals surface area contributed by atoms with Crippen molar-refractivity contribution in [3.8, 4) is 11.5 Å². The van der Waals surface area contributed by atoms with Gasteiger partial charge in [0, 0.05) is 0 Å². The summed E-state index contributed by atoms with van der Waals surface area (Å²) < 4.78 is 10.6. The molecule has 0 saturated heterocycles. The normalized spacial score (nSPS) is 10.6. The third-order valence-corrected chi connectivity index (χ3v) is 3.75. The minimum Gasteiger partial charge on any atom is -0.493 e. The Bertz CT molecular complexity index is 379. The molecule has 0 atom stereocenters. The second kappa shape index (κ2) is 11.4. The van der Waals surface area contributed by atoms with Crippen molar-refractivity contribution in [3.63, 3.8) is 0 Å². The zero-order valence-electron chi connectivity index (χ0n) is 13.9. The Morgan fingerprint density at radius 1 is 0.857 bits per heavy atom. The van der Waals surface area contributed by atoms with Gasteiger partial charge in [-0.05, 0) is 43.6 Å². The molecule has 0 radical (unpaired) electrons. The lowest BCUT2D eigenvalue weighted by Gasteiger charge is -2.10. The molecular weight excluding hydrogens is 262 g/mol. The van der Waals surface area contributed by atoms with Gasteiger partial charge in [-0.2, -0.15) is 0 Å². The van der Waals surface area contributed by atoms with Crippen LogP contribution in [0.1, 0.15) is 51.0 Å². The van der Waals surface area contributed by atoms with Crippen molar-refractivity contribution in [2.24, 2.45) is 0 Å². The van der Waals surface area contributed by atoms with E-state index >= 15 is 0 Å². The lowest BCUT2D eigenvalue weighted by molar-refractivity contribution is 0.354. The summed E-state index contributed by atoms with van der Waals surface area (Å²) in [7, 11) is 3.35. The monoisotopic (exact) mass is 293 g/mol. The van der Waals surface area contributed by atoms with Gasteiger partial charge in [0.2, 0.25) is 0 Å². The van der Waals surface area contributed by atoms with Crippen molar-refractivity contribution in [2.45, 2.75) is 51.9 Å². The minimum absolute atomic E-state index is 0.793. The average molecular weight is 293 g/mol. The summed E-state index contributed by atoms with van der Waals surface area (Å²) in [5.74, 6) is 1.60. The van der Waals surface area contributed by atoms with Crippen molar-refractivity contribution in [1.82, 2.24) is 5.32 Å².